The molecule has 1 aromatic carbocycles. The standard InChI is InChI=1S/C18H22N2O2/c1-13-16(18(21)20-9-5-3-4-6-10-20)12-14-11-15(22-2)7-8-17(14)19-13/h7-8,11-12H,3-6,9-10H2,1-2H3. The molecule has 0 N–H and O–H groups in total. The van der Waals surface area contributed by atoms with Crippen LogP contribution in [0.4, 0.5) is 0 Å². The Bertz CT molecular complexity index is 689. The number of hydrogen-bond acceptors (Lipinski definition) is 3. The Balaban J connectivity index is 1.97. The molecule has 0 unspecified atom stereocenters. The van der Waals surface area contributed by atoms with E-state index in [9.17, 15) is 4.79 Å². The average molecular weight is 298 g/mol. The number of aryl methyl sites for hydroxylation is 1. The van der Waals surface area contributed by atoms with E-state index in [-0.39, 0.29) is 5.91 Å². The van der Waals surface area contributed by atoms with Gasteiger partial charge in [0.15, 0.2) is 0 Å². The number of ether oxygens (including phenoxy) is 1. The van der Waals surface area contributed by atoms with Crippen LogP contribution in [0.25, 0.3) is 10.9 Å². The number of methoxy groups -OCH3 is 1. The first-order valence-electron chi connectivity index (χ1n) is 7.94. The maximum Gasteiger partial charge on any atom is 0.255 e. The monoisotopic (exact) mass is 298 g/mol. The highest BCUT2D eigenvalue weighted by Gasteiger charge is 2.20. The summed E-state index contributed by atoms with van der Waals surface area (Å²) in [6.07, 6.45) is 4.63. The van der Waals surface area contributed by atoms with Crippen molar-refractivity contribution in [2.24, 2.45) is 0 Å². The molecule has 1 aliphatic heterocycles. The molecule has 116 valence electrons. The molecule has 0 spiro atoms. The van der Waals surface area contributed by atoms with Crippen molar-refractivity contribution in [3.63, 3.8) is 0 Å². The molecule has 1 aromatic heterocycles. The van der Waals surface area contributed by atoms with E-state index in [0.717, 1.165) is 48.3 Å². The fourth-order valence-corrected chi connectivity index (χ4v) is 3.04. The van der Waals surface area contributed by atoms with Gasteiger partial charge in [0.2, 0.25) is 0 Å². The van der Waals surface area contributed by atoms with Gasteiger partial charge in [0.05, 0.1) is 23.9 Å². The number of benzene rings is 1. The van der Waals surface area contributed by atoms with Crippen LogP contribution in [0.15, 0.2) is 24.3 Å². The maximum absolute atomic E-state index is 12.8. The molecule has 2 heterocycles. The molecule has 22 heavy (non-hydrogen) atoms. The molecule has 0 radical (unpaired) electrons. The summed E-state index contributed by atoms with van der Waals surface area (Å²) in [5.41, 5.74) is 2.40. The van der Waals surface area contributed by atoms with Crippen LogP contribution >= 0.6 is 0 Å². The van der Waals surface area contributed by atoms with E-state index in [1.165, 1.54) is 12.8 Å². The van der Waals surface area contributed by atoms with E-state index < -0.39 is 0 Å². The van der Waals surface area contributed by atoms with Gasteiger partial charge in [-0.05, 0) is 44.0 Å². The highest BCUT2D eigenvalue weighted by atomic mass is 16.5. The van der Waals surface area contributed by atoms with Crippen LogP contribution in [0.1, 0.15) is 41.7 Å². The van der Waals surface area contributed by atoms with Gasteiger partial charge in [-0.15, -0.1) is 0 Å². The second kappa shape index (κ2) is 6.34. The first kappa shape index (κ1) is 14.8. The highest BCUT2D eigenvalue weighted by Crippen LogP contribution is 2.23. The first-order chi connectivity index (χ1) is 10.7. The smallest absolute Gasteiger partial charge is 0.255 e. The van der Waals surface area contributed by atoms with Gasteiger partial charge in [-0.2, -0.15) is 0 Å². The predicted octanol–water partition coefficient (Wildman–Crippen LogP) is 3.57. The second-order valence-corrected chi connectivity index (χ2v) is 5.89. The Morgan fingerprint density at radius 2 is 1.86 bits per heavy atom. The molecule has 2 aromatic rings. The van der Waals surface area contributed by atoms with Crippen molar-refractivity contribution in [2.75, 3.05) is 20.2 Å². The molecule has 0 saturated carbocycles. The summed E-state index contributed by atoms with van der Waals surface area (Å²) in [5, 5.41) is 0.947. The van der Waals surface area contributed by atoms with Gasteiger partial charge in [0, 0.05) is 18.5 Å². The van der Waals surface area contributed by atoms with E-state index >= 15 is 0 Å². The molecule has 1 fully saturated rings. The van der Waals surface area contributed by atoms with E-state index in [0.29, 0.717) is 5.56 Å². The zero-order valence-electron chi connectivity index (χ0n) is 13.3. The summed E-state index contributed by atoms with van der Waals surface area (Å²) in [7, 11) is 1.64. The summed E-state index contributed by atoms with van der Waals surface area (Å²) >= 11 is 0. The van der Waals surface area contributed by atoms with Gasteiger partial charge < -0.3 is 9.64 Å². The number of amides is 1. The topological polar surface area (TPSA) is 42.4 Å². The number of fused-ring (bicyclic) bond motifs is 1. The number of carbonyl (C=O) groups excluding carboxylic acids is 1. The van der Waals surface area contributed by atoms with Crippen molar-refractivity contribution in [3.8, 4) is 5.75 Å². The van der Waals surface area contributed by atoms with Crippen LogP contribution in [0.5, 0.6) is 5.75 Å². The van der Waals surface area contributed by atoms with Crippen LogP contribution in [0.3, 0.4) is 0 Å². The third-order valence-electron chi connectivity index (χ3n) is 4.34. The van der Waals surface area contributed by atoms with Crippen LogP contribution in [0.2, 0.25) is 0 Å². The first-order valence-corrected chi connectivity index (χ1v) is 7.94. The summed E-state index contributed by atoms with van der Waals surface area (Å²) < 4.78 is 5.26. The highest BCUT2D eigenvalue weighted by molar-refractivity contribution is 5.98. The lowest BCUT2D eigenvalue weighted by Gasteiger charge is -2.21. The lowest BCUT2D eigenvalue weighted by atomic mass is 10.1. The number of pyridine rings is 1. The Morgan fingerprint density at radius 1 is 1.14 bits per heavy atom. The van der Waals surface area contributed by atoms with E-state index in [2.05, 4.69) is 4.98 Å². The zero-order chi connectivity index (χ0) is 15.5. The number of nitrogens with zero attached hydrogens (tertiary/aromatic N) is 2. The molecule has 0 aliphatic carbocycles. The van der Waals surface area contributed by atoms with Gasteiger partial charge >= 0.3 is 0 Å². The van der Waals surface area contributed by atoms with Crippen LogP contribution in [-0.2, 0) is 0 Å². The molecule has 0 atom stereocenters. The Kier molecular flexibility index (Phi) is 4.27. The van der Waals surface area contributed by atoms with Crippen molar-refractivity contribution in [3.05, 3.63) is 35.5 Å². The Labute approximate surface area is 131 Å². The fraction of sp³-hybridized carbons (Fsp3) is 0.444. The Hall–Kier alpha value is -2.10. The van der Waals surface area contributed by atoms with Crippen LogP contribution < -0.4 is 4.74 Å². The zero-order valence-corrected chi connectivity index (χ0v) is 13.3. The number of rotatable bonds is 2. The number of likely N-dealkylation sites (tertiary alicyclic amines) is 1. The van der Waals surface area contributed by atoms with Crippen LogP contribution in [0, 0.1) is 6.92 Å². The van der Waals surface area contributed by atoms with E-state index in [1.54, 1.807) is 7.11 Å². The lowest BCUT2D eigenvalue weighted by Crippen LogP contribution is -2.32. The second-order valence-electron chi connectivity index (χ2n) is 5.89. The lowest BCUT2D eigenvalue weighted by molar-refractivity contribution is 0.0760. The fourth-order valence-electron chi connectivity index (χ4n) is 3.04. The van der Waals surface area contributed by atoms with Gasteiger partial charge in [0.1, 0.15) is 5.75 Å². The minimum absolute atomic E-state index is 0.108. The molecule has 1 aliphatic rings. The van der Waals surface area contributed by atoms with Crippen molar-refractivity contribution < 1.29 is 9.53 Å². The summed E-state index contributed by atoms with van der Waals surface area (Å²) in [6, 6.07) is 7.71. The minimum Gasteiger partial charge on any atom is -0.497 e. The molecular weight excluding hydrogens is 276 g/mol. The molecule has 1 amide bonds. The van der Waals surface area contributed by atoms with Gasteiger partial charge in [0.25, 0.3) is 5.91 Å². The average Bonchev–Trinajstić information content (AvgIpc) is 2.82. The largest absolute Gasteiger partial charge is 0.497 e. The minimum atomic E-state index is 0.108. The van der Waals surface area contributed by atoms with Crippen LogP contribution in [-0.4, -0.2) is 36.0 Å². The molecule has 0 bridgehead atoms. The van der Waals surface area contributed by atoms with Crippen molar-refractivity contribution in [2.45, 2.75) is 32.6 Å². The molecule has 4 heteroatoms. The number of carbonyl (C=O) groups is 1. The third kappa shape index (κ3) is 2.91. The predicted molar refractivity (Wildman–Crippen MR) is 87.4 cm³/mol. The Morgan fingerprint density at radius 3 is 2.55 bits per heavy atom. The van der Waals surface area contributed by atoms with E-state index in [1.807, 2.05) is 36.1 Å². The quantitative estimate of drug-likeness (QED) is 0.851. The normalized spacial score (nSPS) is 15.6. The summed E-state index contributed by atoms with van der Waals surface area (Å²) in [4.78, 5) is 19.4. The maximum atomic E-state index is 12.8. The van der Waals surface area contributed by atoms with Crippen molar-refractivity contribution in [1.29, 1.82) is 0 Å². The summed E-state index contributed by atoms with van der Waals surface area (Å²) in [5.74, 6) is 0.892. The van der Waals surface area contributed by atoms with Gasteiger partial charge in [-0.25, -0.2) is 0 Å². The van der Waals surface area contributed by atoms with Crippen molar-refractivity contribution in [1.82, 2.24) is 9.88 Å². The summed E-state index contributed by atoms with van der Waals surface area (Å²) in [6.45, 7) is 3.62. The molecule has 1 saturated heterocycles. The number of aromatic nitrogens is 1. The van der Waals surface area contributed by atoms with Crippen molar-refractivity contribution >= 4 is 16.8 Å². The number of hydrogen-bond donors (Lipinski definition) is 0. The molecule has 4 nitrogen and oxygen atoms in total. The van der Waals surface area contributed by atoms with Gasteiger partial charge in [-0.1, -0.05) is 12.8 Å². The molecule has 3 rings (SSSR count). The van der Waals surface area contributed by atoms with E-state index in [4.69, 9.17) is 4.74 Å². The van der Waals surface area contributed by atoms with Gasteiger partial charge in [-0.3, -0.25) is 9.78 Å². The SMILES string of the molecule is COc1ccc2nc(C)c(C(=O)N3CCCCCC3)cc2c1. The third-order valence-corrected chi connectivity index (χ3v) is 4.34. The molecular formula is C18H22N2O2.